The molecule has 1 heterocycles. The summed E-state index contributed by atoms with van der Waals surface area (Å²) in [6, 6.07) is 15.6. The monoisotopic (exact) mass is 361 g/mol. The summed E-state index contributed by atoms with van der Waals surface area (Å²) in [4.78, 5) is 4.37. The van der Waals surface area contributed by atoms with Crippen molar-refractivity contribution < 1.29 is 13.2 Å². The van der Waals surface area contributed by atoms with E-state index in [1.54, 1.807) is 24.4 Å². The summed E-state index contributed by atoms with van der Waals surface area (Å²) >= 11 is 3.84. The Balaban J connectivity index is 2.06. The second-order valence-corrected chi connectivity index (χ2v) is 6.55. The zero-order valence-electron chi connectivity index (χ0n) is 12.4. The molecule has 1 N–H and O–H groups in total. The quantitative estimate of drug-likeness (QED) is 0.670. The van der Waals surface area contributed by atoms with E-state index < -0.39 is 16.9 Å². The van der Waals surface area contributed by atoms with E-state index >= 15 is 0 Å². The van der Waals surface area contributed by atoms with Gasteiger partial charge in [0.05, 0.1) is 11.4 Å². The average Bonchev–Trinajstić information content (AvgIpc) is 2.57. The number of halogens is 2. The van der Waals surface area contributed by atoms with E-state index in [1.807, 2.05) is 24.3 Å². The Morgan fingerprint density at radius 1 is 1.08 bits per heavy atom. The first kappa shape index (κ1) is 16.8. The van der Waals surface area contributed by atoms with Crippen LogP contribution in [0, 0.1) is 5.82 Å². The molecule has 0 aliphatic rings. The maximum atomic E-state index is 14.2. The van der Waals surface area contributed by atoms with Gasteiger partial charge in [-0.15, -0.1) is 0 Å². The van der Waals surface area contributed by atoms with Crippen molar-refractivity contribution in [2.75, 3.05) is 0 Å². The highest BCUT2D eigenvalue weighted by molar-refractivity contribution is 7.78. The van der Waals surface area contributed by atoms with E-state index in [2.05, 4.69) is 4.98 Å². The Hall–Kier alpha value is -2.08. The van der Waals surface area contributed by atoms with Crippen LogP contribution < -0.4 is 0 Å². The number of benzene rings is 2. The highest BCUT2D eigenvalue weighted by Crippen LogP contribution is 2.31. The zero-order valence-corrected chi connectivity index (χ0v) is 14.0. The number of rotatable bonds is 4. The van der Waals surface area contributed by atoms with Crippen LogP contribution in [-0.4, -0.2) is 13.7 Å². The van der Waals surface area contributed by atoms with Crippen molar-refractivity contribution in [3.63, 3.8) is 0 Å². The zero-order chi connectivity index (χ0) is 17.1. The molecule has 122 valence electrons. The van der Waals surface area contributed by atoms with Gasteiger partial charge in [-0.25, -0.2) is 8.60 Å². The Labute approximate surface area is 146 Å². The molecule has 2 aromatic carbocycles. The van der Waals surface area contributed by atoms with Crippen molar-refractivity contribution in [1.82, 2.24) is 4.98 Å². The third kappa shape index (κ3) is 3.70. The van der Waals surface area contributed by atoms with Crippen LogP contribution in [0.2, 0.25) is 5.02 Å². The fourth-order valence-corrected chi connectivity index (χ4v) is 3.07. The lowest BCUT2D eigenvalue weighted by Gasteiger charge is -2.10. The Kier molecular flexibility index (Phi) is 5.04. The second-order valence-electron chi connectivity index (χ2n) is 5.18. The molecule has 1 aromatic heterocycles. The standard InChI is InChI=1S/C18H13ClFNO2S/c19-15-7-5-12(6-8-15)16-2-1-9-21-18(16)13-3-4-14(11-24(22)23)17(20)10-13/h1-10H,11H2,(H,22,23). The van der Waals surface area contributed by atoms with Crippen molar-refractivity contribution in [2.45, 2.75) is 5.75 Å². The normalized spacial score (nSPS) is 12.1. The predicted octanol–water partition coefficient (Wildman–Crippen LogP) is 4.93. The van der Waals surface area contributed by atoms with Crippen LogP contribution in [-0.2, 0) is 16.8 Å². The maximum Gasteiger partial charge on any atom is 0.157 e. The van der Waals surface area contributed by atoms with Crippen molar-refractivity contribution in [3.8, 4) is 22.4 Å². The molecule has 1 atom stereocenters. The molecule has 0 aliphatic carbocycles. The van der Waals surface area contributed by atoms with Crippen LogP contribution in [0.1, 0.15) is 5.56 Å². The Morgan fingerprint density at radius 2 is 1.79 bits per heavy atom. The molecule has 0 aliphatic heterocycles. The smallest absolute Gasteiger partial charge is 0.157 e. The third-order valence-electron chi connectivity index (χ3n) is 3.57. The molecule has 0 fully saturated rings. The molecule has 0 radical (unpaired) electrons. The molecule has 6 heteroatoms. The van der Waals surface area contributed by atoms with Crippen LogP contribution in [0.15, 0.2) is 60.8 Å². The molecule has 1 unspecified atom stereocenters. The maximum absolute atomic E-state index is 14.2. The Bertz CT molecular complexity index is 900. The largest absolute Gasteiger partial charge is 0.306 e. The van der Waals surface area contributed by atoms with E-state index in [0.29, 0.717) is 16.3 Å². The van der Waals surface area contributed by atoms with Crippen LogP contribution >= 0.6 is 11.6 Å². The summed E-state index contributed by atoms with van der Waals surface area (Å²) in [7, 11) is 0. The SMILES string of the molecule is O=S(O)Cc1ccc(-c2ncccc2-c2ccc(Cl)cc2)cc1F. The summed E-state index contributed by atoms with van der Waals surface area (Å²) in [5, 5.41) is 0.636. The van der Waals surface area contributed by atoms with Crippen molar-refractivity contribution in [2.24, 2.45) is 0 Å². The first-order valence-corrected chi connectivity index (χ1v) is 8.77. The minimum atomic E-state index is -2.08. The summed E-state index contributed by atoms with van der Waals surface area (Å²) in [6.07, 6.45) is 1.64. The number of aromatic nitrogens is 1. The van der Waals surface area contributed by atoms with Gasteiger partial charge in [0.2, 0.25) is 0 Å². The highest BCUT2D eigenvalue weighted by atomic mass is 35.5. The molecule has 0 saturated carbocycles. The van der Waals surface area contributed by atoms with Crippen LogP contribution in [0.3, 0.4) is 0 Å². The van der Waals surface area contributed by atoms with Gasteiger partial charge in [-0.2, -0.15) is 0 Å². The fourth-order valence-electron chi connectivity index (χ4n) is 2.44. The predicted molar refractivity (Wildman–Crippen MR) is 94.6 cm³/mol. The molecule has 24 heavy (non-hydrogen) atoms. The molecule has 3 nitrogen and oxygen atoms in total. The van der Waals surface area contributed by atoms with Crippen molar-refractivity contribution in [1.29, 1.82) is 0 Å². The molecule has 3 rings (SSSR count). The summed E-state index contributed by atoms with van der Waals surface area (Å²) in [5.41, 5.74) is 3.21. The number of pyridine rings is 1. The minimum Gasteiger partial charge on any atom is -0.306 e. The van der Waals surface area contributed by atoms with Crippen molar-refractivity contribution in [3.05, 3.63) is 77.2 Å². The van der Waals surface area contributed by atoms with E-state index in [9.17, 15) is 8.60 Å². The number of hydrogen-bond donors (Lipinski definition) is 1. The molecule has 0 bridgehead atoms. The van der Waals surface area contributed by atoms with Crippen LogP contribution in [0.4, 0.5) is 4.39 Å². The third-order valence-corrected chi connectivity index (χ3v) is 4.38. The molecule has 0 amide bonds. The lowest BCUT2D eigenvalue weighted by atomic mass is 9.99. The van der Waals surface area contributed by atoms with E-state index in [4.69, 9.17) is 16.2 Å². The first-order chi connectivity index (χ1) is 11.5. The molecule has 0 saturated heterocycles. The summed E-state index contributed by atoms with van der Waals surface area (Å²) in [5.74, 6) is -0.763. The molecule has 0 spiro atoms. The van der Waals surface area contributed by atoms with Gasteiger partial charge in [0.1, 0.15) is 5.82 Å². The van der Waals surface area contributed by atoms with Crippen molar-refractivity contribution >= 4 is 22.7 Å². The van der Waals surface area contributed by atoms with Gasteiger partial charge in [-0.05, 0) is 29.8 Å². The van der Waals surface area contributed by atoms with Gasteiger partial charge >= 0.3 is 0 Å². The van der Waals surface area contributed by atoms with E-state index in [0.717, 1.165) is 11.1 Å². The van der Waals surface area contributed by atoms with E-state index in [1.165, 1.54) is 12.1 Å². The topological polar surface area (TPSA) is 50.2 Å². The van der Waals surface area contributed by atoms with Crippen LogP contribution in [0.5, 0.6) is 0 Å². The average molecular weight is 362 g/mol. The van der Waals surface area contributed by atoms with Gasteiger partial charge in [0, 0.05) is 27.9 Å². The summed E-state index contributed by atoms with van der Waals surface area (Å²) < 4.78 is 34.0. The second kappa shape index (κ2) is 7.21. The van der Waals surface area contributed by atoms with E-state index in [-0.39, 0.29) is 11.3 Å². The lowest BCUT2D eigenvalue weighted by Crippen LogP contribution is -1.97. The molecular formula is C18H13ClFNO2S. The lowest BCUT2D eigenvalue weighted by molar-refractivity contribution is 0.559. The van der Waals surface area contributed by atoms with Gasteiger partial charge in [-0.1, -0.05) is 41.9 Å². The fraction of sp³-hybridized carbons (Fsp3) is 0.0556. The van der Waals surface area contributed by atoms with Gasteiger partial charge < -0.3 is 4.55 Å². The highest BCUT2D eigenvalue weighted by Gasteiger charge is 2.12. The molecule has 3 aromatic rings. The van der Waals surface area contributed by atoms with Gasteiger partial charge in [0.25, 0.3) is 0 Å². The van der Waals surface area contributed by atoms with Gasteiger partial charge in [0.15, 0.2) is 11.1 Å². The minimum absolute atomic E-state index is 0.198. The van der Waals surface area contributed by atoms with Crippen LogP contribution in [0.25, 0.3) is 22.4 Å². The number of hydrogen-bond acceptors (Lipinski definition) is 2. The number of nitrogens with zero attached hydrogens (tertiary/aromatic N) is 1. The first-order valence-electron chi connectivity index (χ1n) is 7.12. The summed E-state index contributed by atoms with van der Waals surface area (Å²) in [6.45, 7) is 0. The molecular weight excluding hydrogens is 349 g/mol. The Morgan fingerprint density at radius 3 is 2.46 bits per heavy atom. The van der Waals surface area contributed by atoms with Gasteiger partial charge in [-0.3, -0.25) is 4.98 Å².